The van der Waals surface area contributed by atoms with Crippen LogP contribution in [-0.4, -0.2) is 37.4 Å². The van der Waals surface area contributed by atoms with Crippen LogP contribution in [0.1, 0.15) is 22.7 Å². The molecule has 1 atom stereocenters. The maximum absolute atomic E-state index is 14.6. The van der Waals surface area contributed by atoms with Gasteiger partial charge >= 0.3 is 12.5 Å². The fraction of sp³-hybridized carbons (Fsp3) is 0.368. The van der Waals surface area contributed by atoms with Gasteiger partial charge < -0.3 is 10.1 Å². The van der Waals surface area contributed by atoms with Crippen molar-refractivity contribution in [1.82, 2.24) is 10.2 Å². The van der Waals surface area contributed by atoms with E-state index in [1.54, 1.807) is 4.90 Å². The molecule has 1 N–H and O–H groups in total. The third-order valence-corrected chi connectivity index (χ3v) is 4.56. The van der Waals surface area contributed by atoms with Crippen LogP contribution in [0.2, 0.25) is 0 Å². The van der Waals surface area contributed by atoms with Crippen LogP contribution in [0.3, 0.4) is 0 Å². The Kier molecular flexibility index (Phi) is 9.43. The molecule has 0 spiro atoms. The molecular formula is C19H19Cl2F7N2O. The molecule has 0 radical (unpaired) electrons. The lowest BCUT2D eigenvalue weighted by atomic mass is 9.94. The molecule has 0 bridgehead atoms. The van der Waals surface area contributed by atoms with Crippen molar-refractivity contribution >= 4 is 24.8 Å². The highest BCUT2D eigenvalue weighted by Gasteiger charge is 2.34. The quantitative estimate of drug-likeness (QED) is 0.561. The van der Waals surface area contributed by atoms with Gasteiger partial charge in [-0.15, -0.1) is 38.0 Å². The van der Waals surface area contributed by atoms with E-state index in [9.17, 15) is 30.7 Å². The number of piperazine rings is 1. The molecule has 0 amide bonds. The Morgan fingerprint density at radius 3 is 1.97 bits per heavy atom. The van der Waals surface area contributed by atoms with Crippen molar-refractivity contribution in [2.45, 2.75) is 18.6 Å². The molecule has 31 heavy (non-hydrogen) atoms. The van der Waals surface area contributed by atoms with Crippen LogP contribution >= 0.6 is 24.8 Å². The average Bonchev–Trinajstić information content (AvgIpc) is 2.63. The van der Waals surface area contributed by atoms with E-state index < -0.39 is 35.7 Å². The van der Waals surface area contributed by atoms with Crippen LogP contribution in [0, 0.1) is 5.82 Å². The van der Waals surface area contributed by atoms with Crippen molar-refractivity contribution in [3.63, 3.8) is 0 Å². The number of alkyl halides is 6. The van der Waals surface area contributed by atoms with Crippen molar-refractivity contribution in [3.8, 4) is 5.75 Å². The first kappa shape index (κ1) is 27.3. The second kappa shape index (κ2) is 10.7. The largest absolute Gasteiger partial charge is 0.573 e. The summed E-state index contributed by atoms with van der Waals surface area (Å²) in [6.07, 6.45) is -9.52. The SMILES string of the molecule is Cl.Cl.Fc1ccc(C(F)(F)F)cc1[C@H](c1ccc(OC(F)(F)F)cc1)N1CCNCC1. The van der Waals surface area contributed by atoms with E-state index in [1.165, 1.54) is 12.1 Å². The minimum atomic E-state index is -4.87. The number of nitrogens with one attached hydrogen (secondary N) is 1. The highest BCUT2D eigenvalue weighted by atomic mass is 35.5. The Morgan fingerprint density at radius 1 is 0.871 bits per heavy atom. The van der Waals surface area contributed by atoms with Gasteiger partial charge in [0.25, 0.3) is 0 Å². The Hall–Kier alpha value is -1.75. The summed E-state index contributed by atoms with van der Waals surface area (Å²) in [5.74, 6) is -1.29. The first-order valence-corrected chi connectivity index (χ1v) is 8.72. The lowest BCUT2D eigenvalue weighted by molar-refractivity contribution is -0.274. The van der Waals surface area contributed by atoms with Crippen LogP contribution in [0.4, 0.5) is 30.7 Å². The first-order chi connectivity index (χ1) is 13.5. The zero-order chi connectivity index (χ0) is 21.2. The molecule has 1 fully saturated rings. The third-order valence-electron chi connectivity index (χ3n) is 4.56. The third kappa shape index (κ3) is 7.13. The van der Waals surface area contributed by atoms with Crippen molar-refractivity contribution in [2.24, 2.45) is 0 Å². The van der Waals surface area contributed by atoms with E-state index in [0.717, 1.165) is 24.3 Å². The molecule has 3 nitrogen and oxygen atoms in total. The molecule has 3 rings (SSSR count). The predicted molar refractivity (Wildman–Crippen MR) is 105 cm³/mol. The summed E-state index contributed by atoms with van der Waals surface area (Å²) in [6, 6.07) is 6.00. The number of benzene rings is 2. The van der Waals surface area contributed by atoms with Crippen LogP contribution < -0.4 is 10.1 Å². The number of nitrogens with zero attached hydrogens (tertiary/aromatic N) is 1. The van der Waals surface area contributed by atoms with Gasteiger partial charge in [0.05, 0.1) is 11.6 Å². The summed E-state index contributed by atoms with van der Waals surface area (Å²) in [6.45, 7) is 1.96. The molecule has 0 aliphatic carbocycles. The molecule has 1 aliphatic heterocycles. The maximum Gasteiger partial charge on any atom is 0.573 e. The van der Waals surface area contributed by atoms with Gasteiger partial charge in [0.1, 0.15) is 11.6 Å². The smallest absolute Gasteiger partial charge is 0.406 e. The van der Waals surface area contributed by atoms with E-state index in [1.807, 2.05) is 0 Å². The fourth-order valence-electron chi connectivity index (χ4n) is 3.31. The van der Waals surface area contributed by atoms with Crippen molar-refractivity contribution in [3.05, 3.63) is 65.0 Å². The molecule has 1 aliphatic rings. The Labute approximate surface area is 186 Å². The number of hydrogen-bond donors (Lipinski definition) is 1. The summed E-state index contributed by atoms with van der Waals surface area (Å²) in [4.78, 5) is 1.79. The zero-order valence-electron chi connectivity index (χ0n) is 15.8. The van der Waals surface area contributed by atoms with Crippen LogP contribution in [-0.2, 0) is 6.18 Å². The number of rotatable bonds is 4. The highest BCUT2D eigenvalue weighted by Crippen LogP contribution is 2.37. The lowest BCUT2D eigenvalue weighted by Gasteiger charge is -2.36. The zero-order valence-corrected chi connectivity index (χ0v) is 17.4. The summed E-state index contributed by atoms with van der Waals surface area (Å²) >= 11 is 0. The van der Waals surface area contributed by atoms with Crippen molar-refractivity contribution < 1.29 is 35.5 Å². The second-order valence-electron chi connectivity index (χ2n) is 6.54. The van der Waals surface area contributed by atoms with E-state index in [-0.39, 0.29) is 30.4 Å². The van der Waals surface area contributed by atoms with Gasteiger partial charge in [0.15, 0.2) is 0 Å². The van der Waals surface area contributed by atoms with Crippen LogP contribution in [0.15, 0.2) is 42.5 Å². The van der Waals surface area contributed by atoms with Gasteiger partial charge in [-0.3, -0.25) is 4.90 Å². The monoisotopic (exact) mass is 494 g/mol. The van der Waals surface area contributed by atoms with Gasteiger partial charge in [0.2, 0.25) is 0 Å². The molecule has 1 saturated heterocycles. The summed E-state index contributed by atoms with van der Waals surface area (Å²) < 4.78 is 95.0. The van der Waals surface area contributed by atoms with E-state index >= 15 is 0 Å². The standard InChI is InChI=1S/C19H17F7N2O.2ClH/c20-16-6-3-13(18(21,22)23)11-15(16)17(28-9-7-27-8-10-28)12-1-4-14(5-2-12)29-19(24,25)26;;/h1-6,11,17,27H,7-10H2;2*1H/t17-;;/m0../s1. The first-order valence-electron chi connectivity index (χ1n) is 8.72. The molecule has 0 aromatic heterocycles. The van der Waals surface area contributed by atoms with Crippen LogP contribution in [0.5, 0.6) is 5.75 Å². The Balaban J connectivity index is 0.00000240. The van der Waals surface area contributed by atoms with Gasteiger partial charge in [-0.2, -0.15) is 13.2 Å². The molecule has 12 heteroatoms. The normalized spacial score (nSPS) is 16.1. The Bertz CT molecular complexity index is 839. The van der Waals surface area contributed by atoms with Gasteiger partial charge in [-0.25, -0.2) is 4.39 Å². The number of hydrogen-bond acceptors (Lipinski definition) is 3. The molecule has 2 aromatic carbocycles. The second-order valence-corrected chi connectivity index (χ2v) is 6.54. The summed E-state index contributed by atoms with van der Waals surface area (Å²) in [5.41, 5.74) is -0.822. The van der Waals surface area contributed by atoms with Crippen LogP contribution in [0.25, 0.3) is 0 Å². The maximum atomic E-state index is 14.6. The van der Waals surface area contributed by atoms with E-state index in [0.29, 0.717) is 37.8 Å². The van der Waals surface area contributed by atoms with Crippen molar-refractivity contribution in [2.75, 3.05) is 26.2 Å². The minimum absolute atomic E-state index is 0. The van der Waals surface area contributed by atoms with Gasteiger partial charge in [-0.05, 0) is 35.9 Å². The van der Waals surface area contributed by atoms with E-state index in [4.69, 9.17) is 0 Å². The van der Waals surface area contributed by atoms with E-state index in [2.05, 4.69) is 10.1 Å². The molecule has 0 saturated carbocycles. The fourth-order valence-corrected chi connectivity index (χ4v) is 3.31. The molecule has 1 heterocycles. The van der Waals surface area contributed by atoms with Gasteiger partial charge in [0, 0.05) is 31.7 Å². The number of ether oxygens (including phenoxy) is 1. The predicted octanol–water partition coefficient (Wildman–Crippen LogP) is 5.58. The molecule has 174 valence electrons. The molecular weight excluding hydrogens is 476 g/mol. The minimum Gasteiger partial charge on any atom is -0.406 e. The average molecular weight is 495 g/mol. The number of halogens is 9. The lowest BCUT2D eigenvalue weighted by Crippen LogP contribution is -2.45. The van der Waals surface area contributed by atoms with Crippen molar-refractivity contribution in [1.29, 1.82) is 0 Å². The molecule has 0 unspecified atom stereocenters. The highest BCUT2D eigenvalue weighted by molar-refractivity contribution is 5.85. The topological polar surface area (TPSA) is 24.5 Å². The van der Waals surface area contributed by atoms with Gasteiger partial charge in [-0.1, -0.05) is 12.1 Å². The Morgan fingerprint density at radius 2 is 1.45 bits per heavy atom. The molecule has 2 aromatic rings. The summed E-state index contributed by atoms with van der Waals surface area (Å²) in [7, 11) is 0. The summed E-state index contributed by atoms with van der Waals surface area (Å²) in [5, 5.41) is 3.10.